The van der Waals surface area contributed by atoms with Gasteiger partial charge in [-0.2, -0.15) is 0 Å². The topological polar surface area (TPSA) is 59.2 Å². The molecule has 3 rings (SSSR count). The van der Waals surface area contributed by atoms with Crippen LogP contribution in [0, 0.1) is 11.6 Å². The third-order valence-electron chi connectivity index (χ3n) is 4.11. The van der Waals surface area contributed by atoms with Crippen molar-refractivity contribution in [3.05, 3.63) is 87.9 Å². The van der Waals surface area contributed by atoms with Gasteiger partial charge in [0.25, 0.3) is 0 Å². The summed E-state index contributed by atoms with van der Waals surface area (Å²) in [4.78, 5) is 4.02. The predicted molar refractivity (Wildman–Crippen MR) is 106 cm³/mol. The summed E-state index contributed by atoms with van der Waals surface area (Å²) in [6.07, 6.45) is 5.53. The highest BCUT2D eigenvalue weighted by Crippen LogP contribution is 2.38. The van der Waals surface area contributed by atoms with Crippen LogP contribution >= 0.6 is 15.9 Å². The average Bonchev–Trinajstić information content (AvgIpc) is 3.11. The van der Waals surface area contributed by atoms with Gasteiger partial charge in [-0.05, 0) is 42.1 Å². The van der Waals surface area contributed by atoms with Crippen molar-refractivity contribution >= 4 is 21.5 Å². The Morgan fingerprint density at radius 1 is 1.21 bits per heavy atom. The largest absolute Gasteiger partial charge is 0.383 e. The summed E-state index contributed by atoms with van der Waals surface area (Å²) >= 11 is 3.35. The summed E-state index contributed by atoms with van der Waals surface area (Å²) in [7, 11) is 0. The number of pyridine rings is 1. The minimum Gasteiger partial charge on any atom is -0.383 e. The van der Waals surface area contributed by atoms with Gasteiger partial charge in [0.05, 0.1) is 5.56 Å². The van der Waals surface area contributed by atoms with Gasteiger partial charge in [0, 0.05) is 29.6 Å². The molecule has 0 aliphatic rings. The van der Waals surface area contributed by atoms with Gasteiger partial charge in [-0.15, -0.1) is 0 Å². The van der Waals surface area contributed by atoms with E-state index in [4.69, 9.17) is 4.52 Å². The molecule has 0 saturated heterocycles. The molecule has 28 heavy (non-hydrogen) atoms. The van der Waals surface area contributed by atoms with E-state index in [1.807, 2.05) is 13.0 Å². The lowest BCUT2D eigenvalue weighted by Crippen LogP contribution is -2.04. The summed E-state index contributed by atoms with van der Waals surface area (Å²) in [5, 5.41) is 15.0. The smallest absolute Gasteiger partial charge is 0.169 e. The maximum absolute atomic E-state index is 14.4. The van der Waals surface area contributed by atoms with Crippen LogP contribution in [0.3, 0.4) is 0 Å². The molecule has 0 radical (unpaired) electrons. The third-order valence-corrected chi connectivity index (χ3v) is 4.37. The number of halogens is 3. The van der Waals surface area contributed by atoms with Crippen molar-refractivity contribution in [1.82, 2.24) is 10.1 Å². The summed E-state index contributed by atoms with van der Waals surface area (Å²) in [6, 6.07) is 6.55. The monoisotopic (exact) mass is 446 g/mol. The van der Waals surface area contributed by atoms with Gasteiger partial charge in [0.1, 0.15) is 23.4 Å². The number of allylic oxidation sites excluding steroid dienone is 4. The second-order valence-corrected chi connectivity index (χ2v) is 7.44. The number of aliphatic hydroxyl groups excluding tert-OH is 1. The second kappa shape index (κ2) is 8.58. The van der Waals surface area contributed by atoms with Crippen molar-refractivity contribution in [3.8, 4) is 11.3 Å². The number of nitrogens with zero attached hydrogens (tertiary/aromatic N) is 2. The zero-order valence-corrected chi connectivity index (χ0v) is 16.7. The molecule has 0 aliphatic heterocycles. The highest BCUT2D eigenvalue weighted by molar-refractivity contribution is 9.11. The molecule has 1 atom stereocenters. The zero-order chi connectivity index (χ0) is 20.3. The Labute approximate surface area is 169 Å². The van der Waals surface area contributed by atoms with Crippen LogP contribution in [0.4, 0.5) is 8.78 Å². The van der Waals surface area contributed by atoms with E-state index in [0.717, 1.165) is 16.6 Å². The minimum atomic E-state index is -1.16. The normalized spacial score (nSPS) is 13.6. The maximum Gasteiger partial charge on any atom is 0.169 e. The molecule has 0 amide bonds. The number of aliphatic hydroxyl groups is 1. The van der Waals surface area contributed by atoms with Crippen molar-refractivity contribution < 1.29 is 18.4 Å². The molecule has 3 aromatic rings. The lowest BCUT2D eigenvalue weighted by atomic mass is 9.95. The van der Waals surface area contributed by atoms with Gasteiger partial charge in [-0.1, -0.05) is 39.3 Å². The Balaban J connectivity index is 2.21. The molecular formula is C21H17BrF2N2O2. The molecule has 0 bridgehead atoms. The number of hydrogen-bond acceptors (Lipinski definition) is 4. The maximum atomic E-state index is 14.4. The highest BCUT2D eigenvalue weighted by atomic mass is 79.9. The fraction of sp³-hybridized carbons (Fsp3) is 0.143. The molecular weight excluding hydrogens is 430 g/mol. The quantitative estimate of drug-likeness (QED) is 0.503. The number of hydrogen-bond donors (Lipinski definition) is 1. The molecule has 7 heteroatoms. The Hall–Kier alpha value is -2.64. The molecule has 1 aromatic carbocycles. The third kappa shape index (κ3) is 4.26. The highest BCUT2D eigenvalue weighted by Gasteiger charge is 2.27. The molecule has 0 fully saturated rings. The molecule has 1 N–H and O–H groups in total. The minimum absolute atomic E-state index is 0.0364. The van der Waals surface area contributed by atoms with Crippen molar-refractivity contribution in [3.63, 3.8) is 0 Å². The van der Waals surface area contributed by atoms with E-state index in [1.165, 1.54) is 12.3 Å². The van der Waals surface area contributed by atoms with E-state index < -0.39 is 17.7 Å². The lowest BCUT2D eigenvalue weighted by molar-refractivity contribution is 0.218. The molecule has 144 valence electrons. The Morgan fingerprint density at radius 3 is 2.64 bits per heavy atom. The summed E-state index contributed by atoms with van der Waals surface area (Å²) in [6.45, 7) is 3.66. The predicted octanol–water partition coefficient (Wildman–Crippen LogP) is 5.80. The Bertz CT molecular complexity index is 1040. The first kappa shape index (κ1) is 20.1. The van der Waals surface area contributed by atoms with Crippen molar-refractivity contribution in [2.24, 2.45) is 0 Å². The number of rotatable bonds is 5. The number of aromatic nitrogens is 2. The van der Waals surface area contributed by atoms with Gasteiger partial charge in [-0.3, -0.25) is 4.98 Å². The van der Waals surface area contributed by atoms with Crippen molar-refractivity contribution in [1.29, 1.82) is 0 Å². The van der Waals surface area contributed by atoms with E-state index in [9.17, 15) is 13.9 Å². The first-order valence-electron chi connectivity index (χ1n) is 8.42. The SMILES string of the molecule is C/C(Br)=C\C=C(/C)c1onc(-c2ccc(F)cc2F)c1C(O)c1cccnc1. The number of benzene rings is 1. The fourth-order valence-corrected chi connectivity index (χ4v) is 2.86. The van der Waals surface area contributed by atoms with Crippen LogP contribution in [0.2, 0.25) is 0 Å². The van der Waals surface area contributed by atoms with Crippen LogP contribution in [0.5, 0.6) is 0 Å². The summed E-state index contributed by atoms with van der Waals surface area (Å²) in [5.74, 6) is -1.19. The van der Waals surface area contributed by atoms with Crippen LogP contribution in [0.15, 0.2) is 63.9 Å². The molecule has 2 aromatic heterocycles. The summed E-state index contributed by atoms with van der Waals surface area (Å²) < 4.78 is 34.1. The summed E-state index contributed by atoms with van der Waals surface area (Å²) in [5.41, 5.74) is 1.60. The van der Waals surface area contributed by atoms with Gasteiger partial charge in [-0.25, -0.2) is 8.78 Å². The first-order valence-corrected chi connectivity index (χ1v) is 9.21. The van der Waals surface area contributed by atoms with Gasteiger partial charge in [0.2, 0.25) is 0 Å². The van der Waals surface area contributed by atoms with E-state index in [0.29, 0.717) is 16.9 Å². The lowest BCUT2D eigenvalue weighted by Gasteiger charge is -2.13. The van der Waals surface area contributed by atoms with E-state index in [-0.39, 0.29) is 16.8 Å². The zero-order valence-electron chi connectivity index (χ0n) is 15.2. The molecule has 4 nitrogen and oxygen atoms in total. The van der Waals surface area contributed by atoms with Crippen molar-refractivity contribution in [2.45, 2.75) is 20.0 Å². The van der Waals surface area contributed by atoms with E-state index in [2.05, 4.69) is 26.1 Å². The standard InChI is InChI=1S/C21H17BrF2N2O2/c1-12(5-6-13(2)22)21-18(20(27)14-4-3-9-25-11-14)19(26-28-21)16-8-7-15(23)10-17(16)24/h3-11,20,27H,1-2H3/b12-5+,13-6+. The fourth-order valence-electron chi connectivity index (χ4n) is 2.73. The Kier molecular flexibility index (Phi) is 6.16. The van der Waals surface area contributed by atoms with Crippen LogP contribution in [-0.2, 0) is 0 Å². The molecule has 0 aliphatic carbocycles. The van der Waals surface area contributed by atoms with Crippen LogP contribution in [0.25, 0.3) is 16.8 Å². The molecule has 2 heterocycles. The Morgan fingerprint density at radius 2 is 2.00 bits per heavy atom. The van der Waals surface area contributed by atoms with E-state index in [1.54, 1.807) is 31.3 Å². The van der Waals surface area contributed by atoms with E-state index >= 15 is 0 Å². The second-order valence-electron chi connectivity index (χ2n) is 6.19. The molecule has 0 spiro atoms. The van der Waals surface area contributed by atoms with Gasteiger partial charge < -0.3 is 9.63 Å². The van der Waals surface area contributed by atoms with Crippen LogP contribution < -0.4 is 0 Å². The van der Waals surface area contributed by atoms with Gasteiger partial charge in [0.15, 0.2) is 5.76 Å². The molecule has 1 unspecified atom stereocenters. The molecule has 0 saturated carbocycles. The first-order chi connectivity index (χ1) is 13.4. The average molecular weight is 447 g/mol. The van der Waals surface area contributed by atoms with Gasteiger partial charge >= 0.3 is 0 Å². The van der Waals surface area contributed by atoms with Crippen LogP contribution in [-0.4, -0.2) is 15.2 Å². The van der Waals surface area contributed by atoms with Crippen LogP contribution in [0.1, 0.15) is 36.8 Å². The van der Waals surface area contributed by atoms with Crippen molar-refractivity contribution in [2.75, 3.05) is 0 Å².